The van der Waals surface area contributed by atoms with E-state index in [0.717, 1.165) is 49.3 Å². The van der Waals surface area contributed by atoms with Crippen molar-refractivity contribution in [1.82, 2.24) is 10.2 Å². The van der Waals surface area contributed by atoms with Gasteiger partial charge in [0, 0.05) is 31.2 Å². The van der Waals surface area contributed by atoms with Crippen molar-refractivity contribution in [3.8, 4) is 5.75 Å². The highest BCUT2D eigenvalue weighted by Gasteiger charge is 2.32. The number of fused-ring (bicyclic) bond motifs is 1. The topological polar surface area (TPSA) is 71.3 Å². The van der Waals surface area contributed by atoms with Crippen LogP contribution in [0.5, 0.6) is 5.75 Å². The molecule has 3 heterocycles. The molecule has 32 heavy (non-hydrogen) atoms. The molecule has 2 unspecified atom stereocenters. The molecule has 8 heteroatoms. The van der Waals surface area contributed by atoms with E-state index in [1.54, 1.807) is 6.26 Å². The molecule has 0 amide bonds. The van der Waals surface area contributed by atoms with Crippen LogP contribution in [0.4, 0.5) is 5.69 Å². The van der Waals surface area contributed by atoms with Gasteiger partial charge in [-0.3, -0.25) is 9.89 Å². The van der Waals surface area contributed by atoms with Crippen molar-refractivity contribution in [2.45, 2.75) is 51.4 Å². The van der Waals surface area contributed by atoms with Crippen molar-refractivity contribution < 1.29 is 13.9 Å². The largest absolute Gasteiger partial charge is 0.491 e. The molecule has 2 aliphatic heterocycles. The highest BCUT2D eigenvalue weighted by molar-refractivity contribution is 14.0. The van der Waals surface area contributed by atoms with Gasteiger partial charge in [-0.1, -0.05) is 0 Å². The molecule has 2 saturated heterocycles. The quantitative estimate of drug-likeness (QED) is 0.291. The summed E-state index contributed by atoms with van der Waals surface area (Å²) in [7, 11) is 0. The predicted molar refractivity (Wildman–Crippen MR) is 138 cm³/mol. The summed E-state index contributed by atoms with van der Waals surface area (Å²) >= 11 is 0. The Bertz CT molecular complexity index is 826. The molecule has 4 rings (SSSR count). The van der Waals surface area contributed by atoms with Crippen molar-refractivity contribution in [1.29, 1.82) is 0 Å². The second-order valence-electron chi connectivity index (χ2n) is 8.51. The Morgan fingerprint density at radius 2 is 2.09 bits per heavy atom. The molecule has 2 aliphatic rings. The number of anilines is 1. The van der Waals surface area contributed by atoms with Gasteiger partial charge < -0.3 is 24.5 Å². The van der Waals surface area contributed by atoms with Crippen LogP contribution in [0.1, 0.15) is 32.4 Å². The van der Waals surface area contributed by atoms with Crippen LogP contribution in [0.15, 0.2) is 52.1 Å². The number of aliphatic imine (C=N–C) groups is 1. The first-order chi connectivity index (χ1) is 15.2. The molecule has 2 fully saturated rings. The fourth-order valence-corrected chi connectivity index (χ4v) is 4.11. The molecule has 1 aromatic heterocycles. The van der Waals surface area contributed by atoms with E-state index in [1.165, 1.54) is 19.4 Å². The first-order valence-corrected chi connectivity index (χ1v) is 11.4. The Morgan fingerprint density at radius 3 is 2.84 bits per heavy atom. The first kappa shape index (κ1) is 24.9. The van der Waals surface area contributed by atoms with E-state index in [2.05, 4.69) is 15.5 Å². The number of hydrogen-bond donors (Lipinski definition) is 2. The molecule has 2 N–H and O–H groups in total. The normalized spacial score (nSPS) is 21.2. The van der Waals surface area contributed by atoms with Gasteiger partial charge in [-0.2, -0.15) is 0 Å². The third-order valence-electron chi connectivity index (χ3n) is 5.65. The van der Waals surface area contributed by atoms with E-state index in [-0.39, 0.29) is 36.2 Å². The van der Waals surface area contributed by atoms with Crippen molar-refractivity contribution in [3.05, 3.63) is 48.4 Å². The van der Waals surface area contributed by atoms with E-state index < -0.39 is 0 Å². The van der Waals surface area contributed by atoms with Crippen LogP contribution in [-0.2, 0) is 11.2 Å². The van der Waals surface area contributed by atoms with Gasteiger partial charge in [0.25, 0.3) is 0 Å². The number of guanidine groups is 1. The molecule has 1 aromatic carbocycles. The summed E-state index contributed by atoms with van der Waals surface area (Å²) < 4.78 is 17.2. The van der Waals surface area contributed by atoms with Crippen molar-refractivity contribution in [2.24, 2.45) is 4.99 Å². The van der Waals surface area contributed by atoms with Gasteiger partial charge in [-0.05, 0) is 69.6 Å². The Hall–Kier alpha value is -1.78. The van der Waals surface area contributed by atoms with E-state index >= 15 is 0 Å². The molecule has 0 spiro atoms. The maximum absolute atomic E-state index is 6.07. The zero-order valence-electron chi connectivity index (χ0n) is 19.0. The second-order valence-corrected chi connectivity index (χ2v) is 8.51. The van der Waals surface area contributed by atoms with E-state index in [1.807, 2.05) is 50.2 Å². The maximum Gasteiger partial charge on any atom is 0.195 e. The average molecular weight is 554 g/mol. The first-order valence-electron chi connectivity index (χ1n) is 11.4. The van der Waals surface area contributed by atoms with Crippen molar-refractivity contribution in [2.75, 3.05) is 38.1 Å². The third-order valence-corrected chi connectivity index (χ3v) is 5.65. The zero-order valence-corrected chi connectivity index (χ0v) is 21.3. The molecule has 176 valence electrons. The Labute approximate surface area is 208 Å². The minimum absolute atomic E-state index is 0. The zero-order chi connectivity index (χ0) is 21.5. The Kier molecular flexibility index (Phi) is 9.68. The number of benzene rings is 1. The summed E-state index contributed by atoms with van der Waals surface area (Å²) in [6.45, 7) is 8.39. The Balaban J connectivity index is 0.00000289. The summed E-state index contributed by atoms with van der Waals surface area (Å²) in [6.07, 6.45) is 5.33. The number of nitrogens with zero attached hydrogens (tertiary/aromatic N) is 2. The van der Waals surface area contributed by atoms with Crippen molar-refractivity contribution in [3.63, 3.8) is 0 Å². The fourth-order valence-electron chi connectivity index (χ4n) is 4.11. The lowest BCUT2D eigenvalue weighted by molar-refractivity contribution is -0.0431. The molecule has 2 atom stereocenters. The predicted octanol–water partition coefficient (Wildman–Crippen LogP) is 4.15. The number of morpholine rings is 1. The molecular formula is C24H35IN4O3. The summed E-state index contributed by atoms with van der Waals surface area (Å²) in [5.41, 5.74) is 0.963. The monoisotopic (exact) mass is 554 g/mol. The smallest absolute Gasteiger partial charge is 0.195 e. The average Bonchev–Trinajstić information content (AvgIpc) is 3.44. The molecule has 0 aliphatic carbocycles. The molecular weight excluding hydrogens is 519 g/mol. The summed E-state index contributed by atoms with van der Waals surface area (Å²) in [5, 5.41) is 6.83. The van der Waals surface area contributed by atoms with Crippen LogP contribution < -0.4 is 15.4 Å². The molecule has 0 saturated carbocycles. The lowest BCUT2D eigenvalue weighted by Crippen LogP contribution is -2.47. The lowest BCUT2D eigenvalue weighted by atomic mass is 10.2. The Morgan fingerprint density at radius 1 is 1.25 bits per heavy atom. The number of hydrogen-bond acceptors (Lipinski definition) is 5. The molecule has 2 aromatic rings. The number of ether oxygens (including phenoxy) is 2. The SMILES string of the molecule is CC(C)Oc1ccc(NC(=NCC2CN3CCCC3CO2)NCCc2ccco2)cc1.I. The summed E-state index contributed by atoms with van der Waals surface area (Å²) in [6, 6.07) is 12.5. The van der Waals surface area contributed by atoms with E-state index in [4.69, 9.17) is 18.9 Å². The van der Waals surface area contributed by atoms with Gasteiger partial charge >= 0.3 is 0 Å². The minimum Gasteiger partial charge on any atom is -0.491 e. The van der Waals surface area contributed by atoms with Crippen LogP contribution in [-0.4, -0.2) is 61.9 Å². The van der Waals surface area contributed by atoms with Crippen LogP contribution in [0.3, 0.4) is 0 Å². The number of rotatable bonds is 8. The number of nitrogens with one attached hydrogen (secondary N) is 2. The van der Waals surface area contributed by atoms with Gasteiger partial charge in [0.15, 0.2) is 5.96 Å². The summed E-state index contributed by atoms with van der Waals surface area (Å²) in [5.74, 6) is 2.56. The maximum atomic E-state index is 6.07. The summed E-state index contributed by atoms with van der Waals surface area (Å²) in [4.78, 5) is 7.38. The van der Waals surface area contributed by atoms with Crippen LogP contribution in [0.25, 0.3) is 0 Å². The molecule has 0 bridgehead atoms. The van der Waals surface area contributed by atoms with Crippen LogP contribution in [0, 0.1) is 0 Å². The van der Waals surface area contributed by atoms with Crippen LogP contribution in [0.2, 0.25) is 0 Å². The van der Waals surface area contributed by atoms with Crippen molar-refractivity contribution >= 4 is 35.6 Å². The van der Waals surface area contributed by atoms with E-state index in [9.17, 15) is 0 Å². The fraction of sp³-hybridized carbons (Fsp3) is 0.542. The van der Waals surface area contributed by atoms with Gasteiger partial charge in [0.2, 0.25) is 0 Å². The van der Waals surface area contributed by atoms with Gasteiger partial charge in [0.1, 0.15) is 11.5 Å². The lowest BCUT2D eigenvalue weighted by Gasteiger charge is -2.34. The standard InChI is InChI=1S/C24H34N4O3.HI/c1-18(2)31-22-9-7-19(8-10-22)27-24(25-12-11-21-6-4-14-29-21)26-15-23-16-28-13-3-5-20(28)17-30-23;/h4,6-10,14,18,20,23H,3,5,11-13,15-17H2,1-2H3,(H2,25,26,27);1H. The highest BCUT2D eigenvalue weighted by atomic mass is 127. The number of furan rings is 1. The molecule has 7 nitrogen and oxygen atoms in total. The van der Waals surface area contributed by atoms with Gasteiger partial charge in [0.05, 0.1) is 31.6 Å². The minimum atomic E-state index is 0. The van der Waals surface area contributed by atoms with Gasteiger partial charge in [-0.25, -0.2) is 0 Å². The number of halogens is 1. The third kappa shape index (κ3) is 7.38. The molecule has 0 radical (unpaired) electrons. The van der Waals surface area contributed by atoms with Crippen LogP contribution >= 0.6 is 24.0 Å². The highest BCUT2D eigenvalue weighted by Crippen LogP contribution is 2.22. The van der Waals surface area contributed by atoms with Gasteiger partial charge in [-0.15, -0.1) is 24.0 Å². The van der Waals surface area contributed by atoms with E-state index in [0.29, 0.717) is 12.6 Å². The second kappa shape index (κ2) is 12.5.